The number of anilines is 1. The van der Waals surface area contributed by atoms with E-state index in [0.29, 0.717) is 19.6 Å². The summed E-state index contributed by atoms with van der Waals surface area (Å²) in [6, 6.07) is 0. The number of ether oxygens (including phenoxy) is 1. The molecule has 2 N–H and O–H groups in total. The molecule has 1 fully saturated rings. The zero-order chi connectivity index (χ0) is 20.8. The summed E-state index contributed by atoms with van der Waals surface area (Å²) in [5.74, 6) is -0.719. The highest BCUT2D eigenvalue weighted by molar-refractivity contribution is 7.98. The Balaban J connectivity index is 1.48. The van der Waals surface area contributed by atoms with Gasteiger partial charge in [-0.1, -0.05) is 11.8 Å². The molecule has 1 aliphatic heterocycles. The summed E-state index contributed by atoms with van der Waals surface area (Å²) < 4.78 is 5.32. The maximum Gasteiger partial charge on any atom is 0.289 e. The lowest BCUT2D eigenvalue weighted by atomic mass is 10.1. The summed E-state index contributed by atoms with van der Waals surface area (Å²) in [4.78, 5) is 39.7. The molecule has 29 heavy (non-hydrogen) atoms. The van der Waals surface area contributed by atoms with E-state index in [9.17, 15) is 9.59 Å². The number of hydrogen-bond donors (Lipinski definition) is 2. The molecule has 0 aliphatic carbocycles. The molecule has 2 aromatic rings. The van der Waals surface area contributed by atoms with Gasteiger partial charge in [0.25, 0.3) is 5.91 Å². The third-order valence-electron chi connectivity index (χ3n) is 4.51. The van der Waals surface area contributed by atoms with E-state index in [1.165, 1.54) is 23.1 Å². The van der Waals surface area contributed by atoms with Crippen molar-refractivity contribution < 1.29 is 14.3 Å². The number of thiazole rings is 1. The van der Waals surface area contributed by atoms with Crippen molar-refractivity contribution in [1.82, 2.24) is 25.8 Å². The number of amides is 2. The number of carbonyl (C=O) groups is 2. The van der Waals surface area contributed by atoms with Crippen LogP contribution in [0.1, 0.15) is 33.9 Å². The standard InChI is InChI=1S/C18H24N6O3S2/c1-11-13(12(2)20-17(19-11)28-3)4-5-15(25)22-23-16(26)14-10-29-18(21-14)24-6-8-27-9-7-24/h10H,4-9H2,1-3H3,(H,22,25)(H,23,26). The van der Waals surface area contributed by atoms with Gasteiger partial charge in [0.2, 0.25) is 5.91 Å². The molecule has 3 rings (SSSR count). The fourth-order valence-electron chi connectivity index (χ4n) is 2.92. The molecule has 0 spiro atoms. The number of thioether (sulfide) groups is 1. The molecule has 9 nitrogen and oxygen atoms in total. The van der Waals surface area contributed by atoms with Gasteiger partial charge < -0.3 is 9.64 Å². The summed E-state index contributed by atoms with van der Waals surface area (Å²) in [7, 11) is 0. The van der Waals surface area contributed by atoms with E-state index in [1.54, 1.807) is 5.38 Å². The maximum absolute atomic E-state index is 12.3. The number of nitrogens with zero attached hydrogens (tertiary/aromatic N) is 4. The van der Waals surface area contributed by atoms with E-state index in [0.717, 1.165) is 40.3 Å². The zero-order valence-corrected chi connectivity index (χ0v) is 18.3. The van der Waals surface area contributed by atoms with E-state index < -0.39 is 5.91 Å². The third-order valence-corrected chi connectivity index (χ3v) is 5.96. The summed E-state index contributed by atoms with van der Waals surface area (Å²) in [6.07, 6.45) is 2.65. The lowest BCUT2D eigenvalue weighted by Crippen LogP contribution is -2.42. The molecule has 2 amide bonds. The summed E-state index contributed by atoms with van der Waals surface area (Å²) in [5, 5.41) is 3.19. The SMILES string of the molecule is CSc1nc(C)c(CCC(=O)NNC(=O)c2csc(N3CCOCC3)n2)c(C)n1. The molecule has 3 heterocycles. The van der Waals surface area contributed by atoms with Crippen molar-refractivity contribution in [3.63, 3.8) is 0 Å². The Morgan fingerprint density at radius 2 is 1.86 bits per heavy atom. The van der Waals surface area contributed by atoms with Crippen molar-refractivity contribution in [2.45, 2.75) is 31.8 Å². The van der Waals surface area contributed by atoms with Gasteiger partial charge in [-0.3, -0.25) is 20.4 Å². The van der Waals surface area contributed by atoms with Gasteiger partial charge in [-0.15, -0.1) is 11.3 Å². The molecule has 0 unspecified atom stereocenters. The van der Waals surface area contributed by atoms with Crippen LogP contribution in [0.25, 0.3) is 0 Å². The second-order valence-electron chi connectivity index (χ2n) is 6.48. The van der Waals surface area contributed by atoms with E-state index in [2.05, 4.69) is 30.7 Å². The van der Waals surface area contributed by atoms with Gasteiger partial charge in [0, 0.05) is 36.3 Å². The second kappa shape index (κ2) is 9.99. The van der Waals surface area contributed by atoms with Crippen molar-refractivity contribution >= 4 is 40.0 Å². The van der Waals surface area contributed by atoms with Crippen LogP contribution in [0.15, 0.2) is 10.5 Å². The summed E-state index contributed by atoms with van der Waals surface area (Å²) in [5.41, 5.74) is 7.86. The number of nitrogens with one attached hydrogen (secondary N) is 2. The Morgan fingerprint density at radius 1 is 1.17 bits per heavy atom. The molecule has 11 heteroatoms. The Morgan fingerprint density at radius 3 is 2.52 bits per heavy atom. The van der Waals surface area contributed by atoms with Crippen molar-refractivity contribution in [2.75, 3.05) is 37.5 Å². The van der Waals surface area contributed by atoms with Crippen LogP contribution in [-0.2, 0) is 16.0 Å². The molecule has 2 aromatic heterocycles. The highest BCUT2D eigenvalue weighted by atomic mass is 32.2. The van der Waals surface area contributed by atoms with Crippen LogP contribution in [0.5, 0.6) is 0 Å². The number of rotatable bonds is 6. The van der Waals surface area contributed by atoms with Crippen LogP contribution in [0.4, 0.5) is 5.13 Å². The van der Waals surface area contributed by atoms with Crippen molar-refractivity contribution in [3.05, 3.63) is 28.0 Å². The third kappa shape index (κ3) is 5.64. The Kier molecular flexibility index (Phi) is 7.40. The minimum Gasteiger partial charge on any atom is -0.378 e. The van der Waals surface area contributed by atoms with Gasteiger partial charge in [-0.25, -0.2) is 15.0 Å². The fourth-order valence-corrected chi connectivity index (χ4v) is 4.24. The average molecular weight is 437 g/mol. The first-order chi connectivity index (χ1) is 14.0. The first-order valence-electron chi connectivity index (χ1n) is 9.23. The smallest absolute Gasteiger partial charge is 0.289 e. The van der Waals surface area contributed by atoms with Gasteiger partial charge in [0.15, 0.2) is 10.3 Å². The number of carbonyl (C=O) groups excluding carboxylic acids is 2. The molecule has 0 radical (unpaired) electrons. The largest absolute Gasteiger partial charge is 0.378 e. The second-order valence-corrected chi connectivity index (χ2v) is 8.09. The lowest BCUT2D eigenvalue weighted by molar-refractivity contribution is -0.121. The predicted molar refractivity (Wildman–Crippen MR) is 112 cm³/mol. The minimum absolute atomic E-state index is 0.222. The Hall–Kier alpha value is -2.24. The lowest BCUT2D eigenvalue weighted by Gasteiger charge is -2.25. The minimum atomic E-state index is -0.436. The zero-order valence-electron chi connectivity index (χ0n) is 16.7. The molecule has 0 bridgehead atoms. The molecule has 1 saturated heterocycles. The first kappa shape index (κ1) is 21.5. The maximum atomic E-state index is 12.3. The highest BCUT2D eigenvalue weighted by Crippen LogP contribution is 2.21. The average Bonchev–Trinajstić information content (AvgIpc) is 3.22. The monoisotopic (exact) mass is 436 g/mol. The summed E-state index contributed by atoms with van der Waals surface area (Å²) >= 11 is 2.89. The molecule has 156 valence electrons. The fraction of sp³-hybridized carbons (Fsp3) is 0.500. The topological polar surface area (TPSA) is 109 Å². The van der Waals surface area contributed by atoms with E-state index in [4.69, 9.17) is 4.74 Å². The Labute approximate surface area is 177 Å². The molecular weight excluding hydrogens is 412 g/mol. The number of hydrogen-bond acceptors (Lipinski definition) is 9. The molecule has 0 aromatic carbocycles. The van der Waals surface area contributed by atoms with Crippen LogP contribution in [0, 0.1) is 13.8 Å². The van der Waals surface area contributed by atoms with Crippen LogP contribution < -0.4 is 15.8 Å². The van der Waals surface area contributed by atoms with Gasteiger partial charge in [-0.2, -0.15) is 0 Å². The molecule has 0 atom stereocenters. The van der Waals surface area contributed by atoms with Gasteiger partial charge >= 0.3 is 0 Å². The molecular formula is C18H24N6O3S2. The van der Waals surface area contributed by atoms with E-state index in [1.807, 2.05) is 20.1 Å². The summed E-state index contributed by atoms with van der Waals surface area (Å²) in [6.45, 7) is 6.65. The number of aryl methyl sites for hydroxylation is 2. The molecule has 1 aliphatic rings. The van der Waals surface area contributed by atoms with Crippen molar-refractivity contribution in [3.8, 4) is 0 Å². The van der Waals surface area contributed by atoms with Gasteiger partial charge in [0.1, 0.15) is 5.69 Å². The number of aromatic nitrogens is 3. The normalized spacial score (nSPS) is 14.0. The van der Waals surface area contributed by atoms with Crippen LogP contribution >= 0.6 is 23.1 Å². The van der Waals surface area contributed by atoms with E-state index in [-0.39, 0.29) is 18.0 Å². The highest BCUT2D eigenvalue weighted by Gasteiger charge is 2.18. The van der Waals surface area contributed by atoms with Crippen LogP contribution in [0.2, 0.25) is 0 Å². The quantitative estimate of drug-likeness (QED) is 0.398. The van der Waals surface area contributed by atoms with Gasteiger partial charge in [0.05, 0.1) is 13.2 Å². The van der Waals surface area contributed by atoms with Gasteiger partial charge in [-0.05, 0) is 32.1 Å². The van der Waals surface area contributed by atoms with Crippen LogP contribution in [0.3, 0.4) is 0 Å². The number of morpholine rings is 1. The van der Waals surface area contributed by atoms with Crippen molar-refractivity contribution in [2.24, 2.45) is 0 Å². The van der Waals surface area contributed by atoms with E-state index >= 15 is 0 Å². The van der Waals surface area contributed by atoms with Crippen LogP contribution in [-0.4, -0.2) is 59.3 Å². The number of hydrazine groups is 1. The predicted octanol–water partition coefficient (Wildman–Crippen LogP) is 1.50. The molecule has 0 saturated carbocycles. The Bertz CT molecular complexity index is 859. The van der Waals surface area contributed by atoms with Crippen molar-refractivity contribution in [1.29, 1.82) is 0 Å². The first-order valence-corrected chi connectivity index (χ1v) is 11.3.